The van der Waals surface area contributed by atoms with Gasteiger partial charge in [-0.15, -0.1) is 0 Å². The fraction of sp³-hybridized carbons (Fsp3) is 0.526. The third-order valence-electron chi connectivity index (χ3n) is 7.67. The van der Waals surface area contributed by atoms with Gasteiger partial charge in [0.1, 0.15) is 0 Å². The van der Waals surface area contributed by atoms with Crippen LogP contribution in [0.2, 0.25) is 0 Å². The summed E-state index contributed by atoms with van der Waals surface area (Å²) in [6.07, 6.45) is 23.5. The lowest BCUT2D eigenvalue weighted by Crippen LogP contribution is -1.90. The minimum atomic E-state index is 0.984. The van der Waals surface area contributed by atoms with Crippen LogP contribution in [0, 0.1) is 23.7 Å². The van der Waals surface area contributed by atoms with Crippen LogP contribution in [-0.2, 0) is 0 Å². The molecular formula is C38H50. The van der Waals surface area contributed by atoms with E-state index in [1.54, 1.807) is 0 Å². The Morgan fingerprint density at radius 3 is 1.00 bits per heavy atom. The Labute approximate surface area is 234 Å². The highest BCUT2D eigenvalue weighted by Crippen LogP contribution is 2.32. The quantitative estimate of drug-likeness (QED) is 0.103. The monoisotopic (exact) mass is 506 g/mol. The molecule has 38 heavy (non-hydrogen) atoms. The second-order valence-electron chi connectivity index (χ2n) is 10.9. The molecule has 3 rings (SSSR count). The fourth-order valence-electron chi connectivity index (χ4n) is 5.39. The lowest BCUT2D eigenvalue weighted by molar-refractivity contribution is 0.579. The molecule has 0 saturated heterocycles. The first-order valence-corrected chi connectivity index (χ1v) is 15.8. The van der Waals surface area contributed by atoms with Crippen LogP contribution in [0.3, 0.4) is 0 Å². The summed E-state index contributed by atoms with van der Waals surface area (Å²) in [5.41, 5.74) is 2.34. The third-order valence-corrected chi connectivity index (χ3v) is 7.67. The molecule has 0 aromatic heterocycles. The molecule has 0 bridgehead atoms. The second-order valence-corrected chi connectivity index (χ2v) is 10.9. The van der Waals surface area contributed by atoms with Crippen molar-refractivity contribution in [1.82, 2.24) is 0 Å². The van der Waals surface area contributed by atoms with Gasteiger partial charge >= 0.3 is 0 Å². The molecule has 202 valence electrons. The van der Waals surface area contributed by atoms with Crippen molar-refractivity contribution >= 4 is 21.5 Å². The van der Waals surface area contributed by atoms with Gasteiger partial charge in [-0.2, -0.15) is 0 Å². The maximum Gasteiger partial charge on any atom is 0.0403 e. The molecule has 3 aromatic carbocycles. The number of unbranched alkanes of at least 4 members (excludes halogenated alkanes) is 16. The number of rotatable bonds is 16. The van der Waals surface area contributed by atoms with E-state index in [-0.39, 0.29) is 0 Å². The Morgan fingerprint density at radius 2 is 0.684 bits per heavy atom. The summed E-state index contributed by atoms with van der Waals surface area (Å²) in [4.78, 5) is 0. The van der Waals surface area contributed by atoms with Crippen molar-refractivity contribution in [3.63, 3.8) is 0 Å². The molecule has 0 nitrogen and oxygen atoms in total. The minimum absolute atomic E-state index is 0.984. The Hall–Kier alpha value is -2.70. The summed E-state index contributed by atoms with van der Waals surface area (Å²) in [7, 11) is 0. The lowest BCUT2D eigenvalue weighted by Gasteiger charge is -2.10. The molecule has 0 fully saturated rings. The summed E-state index contributed by atoms with van der Waals surface area (Å²) < 4.78 is 0. The molecule has 0 aliphatic rings. The van der Waals surface area contributed by atoms with Crippen LogP contribution < -0.4 is 0 Å². The predicted molar refractivity (Wildman–Crippen MR) is 170 cm³/mol. The van der Waals surface area contributed by atoms with Gasteiger partial charge in [0.25, 0.3) is 0 Å². The Balaban J connectivity index is 1.65. The van der Waals surface area contributed by atoms with Gasteiger partial charge in [-0.05, 0) is 34.4 Å². The minimum Gasteiger partial charge on any atom is -0.0978 e. The van der Waals surface area contributed by atoms with Gasteiger partial charge in [-0.25, -0.2) is 0 Å². The van der Waals surface area contributed by atoms with Gasteiger partial charge in [0.05, 0.1) is 0 Å². The summed E-state index contributed by atoms with van der Waals surface area (Å²) >= 11 is 0. The highest BCUT2D eigenvalue weighted by Gasteiger charge is 2.11. The van der Waals surface area contributed by atoms with Gasteiger partial charge in [0, 0.05) is 24.0 Å². The van der Waals surface area contributed by atoms with E-state index in [0.717, 1.165) is 12.8 Å². The molecule has 3 aromatic rings. The molecule has 0 aliphatic carbocycles. The van der Waals surface area contributed by atoms with Crippen molar-refractivity contribution < 1.29 is 0 Å². The van der Waals surface area contributed by atoms with Crippen LogP contribution in [0.5, 0.6) is 0 Å². The van der Waals surface area contributed by atoms with Gasteiger partial charge < -0.3 is 0 Å². The van der Waals surface area contributed by atoms with Crippen LogP contribution >= 0.6 is 0 Å². The number of benzene rings is 3. The molecule has 0 aliphatic heterocycles. The van der Waals surface area contributed by atoms with E-state index < -0.39 is 0 Å². The van der Waals surface area contributed by atoms with Crippen molar-refractivity contribution in [3.8, 4) is 23.7 Å². The molecule has 0 radical (unpaired) electrons. The van der Waals surface area contributed by atoms with E-state index in [1.165, 1.54) is 135 Å². The maximum atomic E-state index is 3.59. The van der Waals surface area contributed by atoms with Crippen molar-refractivity contribution in [2.75, 3.05) is 0 Å². The molecule has 0 heterocycles. The summed E-state index contributed by atoms with van der Waals surface area (Å²) in [6.45, 7) is 4.56. The topological polar surface area (TPSA) is 0 Å². The number of fused-ring (bicyclic) bond motifs is 2. The second kappa shape index (κ2) is 18.5. The first kappa shape index (κ1) is 29.9. The first-order chi connectivity index (χ1) is 18.9. The summed E-state index contributed by atoms with van der Waals surface area (Å²) in [5.74, 6) is 14.2. The molecule has 0 unspecified atom stereocenters. The van der Waals surface area contributed by atoms with E-state index in [0.29, 0.717) is 0 Å². The van der Waals surface area contributed by atoms with Crippen molar-refractivity contribution in [1.29, 1.82) is 0 Å². The fourth-order valence-corrected chi connectivity index (χ4v) is 5.39. The summed E-state index contributed by atoms with van der Waals surface area (Å²) in [6, 6.07) is 17.5. The van der Waals surface area contributed by atoms with Crippen LogP contribution in [0.25, 0.3) is 21.5 Å². The van der Waals surface area contributed by atoms with E-state index in [4.69, 9.17) is 0 Å². The first-order valence-electron chi connectivity index (χ1n) is 15.8. The van der Waals surface area contributed by atoms with Gasteiger partial charge in [-0.3, -0.25) is 0 Å². The van der Waals surface area contributed by atoms with Gasteiger partial charge in [0.15, 0.2) is 0 Å². The Morgan fingerprint density at radius 1 is 0.395 bits per heavy atom. The van der Waals surface area contributed by atoms with E-state index in [1.807, 2.05) is 0 Å². The molecular weight excluding hydrogens is 456 g/mol. The van der Waals surface area contributed by atoms with E-state index in [2.05, 4.69) is 86.1 Å². The highest BCUT2D eigenvalue weighted by atomic mass is 14.1. The molecule has 0 N–H and O–H groups in total. The summed E-state index contributed by atoms with van der Waals surface area (Å²) in [5, 5.41) is 4.97. The smallest absolute Gasteiger partial charge is 0.0403 e. The third kappa shape index (κ3) is 9.88. The van der Waals surface area contributed by atoms with Gasteiger partial charge in [0.2, 0.25) is 0 Å². The van der Waals surface area contributed by atoms with E-state index in [9.17, 15) is 0 Å². The van der Waals surface area contributed by atoms with Crippen molar-refractivity contribution in [2.24, 2.45) is 0 Å². The highest BCUT2D eigenvalue weighted by molar-refractivity contribution is 6.09. The Bertz CT molecular complexity index is 1050. The lowest BCUT2D eigenvalue weighted by atomic mass is 9.92. The maximum absolute atomic E-state index is 3.59. The number of hydrogen-bond acceptors (Lipinski definition) is 0. The largest absolute Gasteiger partial charge is 0.0978 e. The van der Waals surface area contributed by atoms with Crippen molar-refractivity contribution in [2.45, 2.75) is 129 Å². The average molecular weight is 507 g/mol. The van der Waals surface area contributed by atoms with Crippen molar-refractivity contribution in [3.05, 3.63) is 59.7 Å². The Kier molecular flexibility index (Phi) is 14.6. The average Bonchev–Trinajstić information content (AvgIpc) is 2.95. The molecule has 0 saturated carbocycles. The molecule has 0 amide bonds. The molecule has 0 atom stereocenters. The molecule has 0 spiro atoms. The normalized spacial score (nSPS) is 10.8. The van der Waals surface area contributed by atoms with Crippen LogP contribution in [-0.4, -0.2) is 0 Å². The number of hydrogen-bond donors (Lipinski definition) is 0. The zero-order chi connectivity index (χ0) is 26.7. The predicted octanol–water partition coefficient (Wildman–Crippen LogP) is 11.8. The van der Waals surface area contributed by atoms with Crippen LogP contribution in [0.1, 0.15) is 141 Å². The standard InChI is InChI=1S/C38H50/c1-3-5-7-9-11-13-15-17-19-21-27-33-35-29-23-25-31-37(35)34(38-32-26-24-30-36(33)38)28-22-20-18-16-14-12-10-8-6-4-2/h23-26,29-32H,3-20H2,1-2H3. The van der Waals surface area contributed by atoms with E-state index >= 15 is 0 Å². The van der Waals surface area contributed by atoms with Crippen LogP contribution in [0.4, 0.5) is 0 Å². The van der Waals surface area contributed by atoms with Crippen LogP contribution in [0.15, 0.2) is 48.5 Å². The zero-order valence-electron chi connectivity index (χ0n) is 24.3. The SMILES string of the molecule is CCCCCCCCCCC#Cc1c2ccccc2c(C#CCCCCCCCCCC)c2ccccc12. The molecule has 0 heteroatoms. The zero-order valence-corrected chi connectivity index (χ0v) is 24.3. The van der Waals surface area contributed by atoms with Gasteiger partial charge in [-0.1, -0.05) is 176 Å².